The zero-order valence-corrected chi connectivity index (χ0v) is 12.2. The van der Waals surface area contributed by atoms with Gasteiger partial charge in [-0.3, -0.25) is 4.79 Å². The number of hydrogen-bond acceptors (Lipinski definition) is 5. The number of hydrogen-bond donors (Lipinski definition) is 2. The Bertz CT molecular complexity index is 710. The van der Waals surface area contributed by atoms with Crippen LogP contribution in [0.1, 0.15) is 31.9 Å². The molecule has 7 nitrogen and oxygen atoms in total. The zero-order chi connectivity index (χ0) is 15.7. The monoisotopic (exact) mass is 309 g/mol. The van der Waals surface area contributed by atoms with Gasteiger partial charge in [-0.25, -0.2) is 18.1 Å². The number of pyridine rings is 1. The predicted molar refractivity (Wildman–Crippen MR) is 72.7 cm³/mol. The summed E-state index contributed by atoms with van der Waals surface area (Å²) in [6.07, 6.45) is 2.82. The number of nitriles is 1. The summed E-state index contributed by atoms with van der Waals surface area (Å²) in [6, 6.07) is 3.72. The van der Waals surface area contributed by atoms with Crippen LogP contribution in [0.25, 0.3) is 0 Å². The third-order valence-electron chi connectivity index (χ3n) is 3.91. The molecule has 1 heterocycles. The molecule has 2 rings (SSSR count). The first-order chi connectivity index (χ1) is 9.81. The minimum atomic E-state index is -3.99. The van der Waals surface area contributed by atoms with Gasteiger partial charge in [0.05, 0.1) is 5.41 Å². The van der Waals surface area contributed by atoms with Crippen LogP contribution < -0.4 is 4.72 Å². The maximum absolute atomic E-state index is 12.4. The highest BCUT2D eigenvalue weighted by Gasteiger charge is 2.47. The van der Waals surface area contributed by atoms with Crippen LogP contribution in [0.3, 0.4) is 0 Å². The molecule has 0 saturated heterocycles. The van der Waals surface area contributed by atoms with Crippen molar-refractivity contribution in [1.29, 1.82) is 5.26 Å². The molecule has 0 aliphatic heterocycles. The topological polar surface area (TPSA) is 120 Å². The van der Waals surface area contributed by atoms with Crippen molar-refractivity contribution in [3.8, 4) is 6.07 Å². The highest BCUT2D eigenvalue weighted by molar-refractivity contribution is 7.89. The molecular formula is C13H15N3O4S. The standard InChI is InChI=1S/C13H15N3O4S/c1-13(12(17)18)6-2-5-11(13)16-21(19,20)10-4-3-7-15-9(10)8-14/h3-4,7,11,16H,2,5-6H2,1H3,(H,17,18). The normalized spacial score (nSPS) is 25.4. The van der Waals surface area contributed by atoms with Crippen LogP contribution in [-0.4, -0.2) is 30.5 Å². The maximum Gasteiger partial charge on any atom is 0.310 e. The SMILES string of the molecule is CC1(C(=O)O)CCCC1NS(=O)(=O)c1cccnc1C#N. The van der Waals surface area contributed by atoms with E-state index in [9.17, 15) is 18.3 Å². The smallest absolute Gasteiger partial charge is 0.310 e. The van der Waals surface area contributed by atoms with Gasteiger partial charge in [0.15, 0.2) is 5.69 Å². The van der Waals surface area contributed by atoms with Crippen LogP contribution in [0, 0.1) is 16.7 Å². The van der Waals surface area contributed by atoms with Crippen molar-refractivity contribution >= 4 is 16.0 Å². The molecule has 0 aromatic carbocycles. The van der Waals surface area contributed by atoms with Crippen molar-refractivity contribution in [3.63, 3.8) is 0 Å². The first kappa shape index (κ1) is 15.4. The van der Waals surface area contributed by atoms with Crippen LogP contribution in [-0.2, 0) is 14.8 Å². The molecule has 1 aromatic heterocycles. The lowest BCUT2D eigenvalue weighted by Gasteiger charge is -2.27. The molecule has 0 spiro atoms. The van der Waals surface area contributed by atoms with Gasteiger partial charge in [0.2, 0.25) is 10.0 Å². The minimum absolute atomic E-state index is 0.208. The lowest BCUT2D eigenvalue weighted by molar-refractivity contribution is -0.148. The van der Waals surface area contributed by atoms with Gasteiger partial charge in [0.1, 0.15) is 11.0 Å². The molecule has 0 bridgehead atoms. The molecule has 2 atom stereocenters. The van der Waals surface area contributed by atoms with Gasteiger partial charge >= 0.3 is 5.97 Å². The molecule has 0 radical (unpaired) electrons. The molecule has 1 saturated carbocycles. The lowest BCUT2D eigenvalue weighted by atomic mass is 9.85. The van der Waals surface area contributed by atoms with E-state index in [1.54, 1.807) is 6.07 Å². The molecular weight excluding hydrogens is 294 g/mol. The summed E-state index contributed by atoms with van der Waals surface area (Å²) in [5.74, 6) is -1.03. The van der Waals surface area contributed by atoms with Gasteiger partial charge in [-0.2, -0.15) is 5.26 Å². The van der Waals surface area contributed by atoms with Crippen LogP contribution in [0.15, 0.2) is 23.2 Å². The summed E-state index contributed by atoms with van der Waals surface area (Å²) in [4.78, 5) is 14.9. The van der Waals surface area contributed by atoms with E-state index in [4.69, 9.17) is 5.26 Å². The van der Waals surface area contributed by atoms with Gasteiger partial charge in [-0.1, -0.05) is 6.42 Å². The van der Waals surface area contributed by atoms with Crippen LogP contribution in [0.2, 0.25) is 0 Å². The fraction of sp³-hybridized carbons (Fsp3) is 0.462. The predicted octanol–water partition coefficient (Wildman–Crippen LogP) is 0.875. The van der Waals surface area contributed by atoms with Crippen LogP contribution >= 0.6 is 0 Å². The molecule has 0 amide bonds. The number of sulfonamides is 1. The third-order valence-corrected chi connectivity index (χ3v) is 5.41. The number of aromatic nitrogens is 1. The van der Waals surface area contributed by atoms with Crippen molar-refractivity contribution in [2.75, 3.05) is 0 Å². The summed E-state index contributed by atoms with van der Waals surface area (Å²) in [5, 5.41) is 18.2. The molecule has 1 aliphatic rings. The van der Waals surface area contributed by atoms with E-state index in [0.717, 1.165) is 0 Å². The molecule has 1 aliphatic carbocycles. The minimum Gasteiger partial charge on any atom is -0.481 e. The van der Waals surface area contributed by atoms with Gasteiger partial charge in [-0.15, -0.1) is 0 Å². The molecule has 1 fully saturated rings. The Morgan fingerprint density at radius 2 is 2.33 bits per heavy atom. The summed E-state index contributed by atoms with van der Waals surface area (Å²) in [6.45, 7) is 1.53. The van der Waals surface area contributed by atoms with Crippen molar-refractivity contribution in [3.05, 3.63) is 24.0 Å². The Balaban J connectivity index is 2.35. The molecule has 8 heteroatoms. The molecule has 21 heavy (non-hydrogen) atoms. The molecule has 2 unspecified atom stereocenters. The van der Waals surface area contributed by atoms with Crippen molar-refractivity contribution < 1.29 is 18.3 Å². The highest BCUT2D eigenvalue weighted by atomic mass is 32.2. The van der Waals surface area contributed by atoms with E-state index in [1.165, 1.54) is 25.3 Å². The van der Waals surface area contributed by atoms with E-state index in [2.05, 4.69) is 9.71 Å². The summed E-state index contributed by atoms with van der Waals surface area (Å²) in [5.41, 5.74) is -1.35. The second-order valence-corrected chi connectivity index (χ2v) is 6.93. The van der Waals surface area contributed by atoms with E-state index in [-0.39, 0.29) is 10.6 Å². The van der Waals surface area contributed by atoms with Gasteiger partial charge in [0, 0.05) is 12.2 Å². The first-order valence-corrected chi connectivity index (χ1v) is 7.90. The summed E-state index contributed by atoms with van der Waals surface area (Å²) in [7, 11) is -3.99. The Labute approximate surface area is 122 Å². The van der Waals surface area contributed by atoms with Crippen LogP contribution in [0.5, 0.6) is 0 Å². The first-order valence-electron chi connectivity index (χ1n) is 6.42. The Morgan fingerprint density at radius 3 is 2.95 bits per heavy atom. The second-order valence-electron chi connectivity index (χ2n) is 5.25. The van der Waals surface area contributed by atoms with Gasteiger partial charge in [0.25, 0.3) is 0 Å². The quantitative estimate of drug-likeness (QED) is 0.851. The number of aliphatic carboxylic acids is 1. The van der Waals surface area contributed by atoms with Gasteiger partial charge in [-0.05, 0) is 31.9 Å². The van der Waals surface area contributed by atoms with Crippen molar-refractivity contribution in [2.24, 2.45) is 5.41 Å². The Hall–Kier alpha value is -1.98. The fourth-order valence-corrected chi connectivity index (χ4v) is 4.04. The fourth-order valence-electron chi connectivity index (χ4n) is 2.55. The van der Waals surface area contributed by atoms with Crippen molar-refractivity contribution in [2.45, 2.75) is 37.1 Å². The number of carboxylic acid groups (broad SMARTS) is 1. The average Bonchev–Trinajstić information content (AvgIpc) is 2.81. The molecule has 2 N–H and O–H groups in total. The van der Waals surface area contributed by atoms with E-state index < -0.39 is 27.4 Å². The largest absolute Gasteiger partial charge is 0.481 e. The van der Waals surface area contributed by atoms with Gasteiger partial charge < -0.3 is 5.11 Å². The summed E-state index contributed by atoms with van der Waals surface area (Å²) >= 11 is 0. The van der Waals surface area contributed by atoms with E-state index in [1.807, 2.05) is 0 Å². The number of nitrogens with zero attached hydrogens (tertiary/aromatic N) is 2. The molecule has 112 valence electrons. The second kappa shape index (κ2) is 5.42. The Kier molecular flexibility index (Phi) is 3.98. The average molecular weight is 309 g/mol. The number of rotatable bonds is 4. The summed E-state index contributed by atoms with van der Waals surface area (Å²) < 4.78 is 27.2. The number of carboxylic acids is 1. The number of nitrogens with one attached hydrogen (secondary N) is 1. The Morgan fingerprint density at radius 1 is 1.62 bits per heavy atom. The van der Waals surface area contributed by atoms with E-state index >= 15 is 0 Å². The van der Waals surface area contributed by atoms with E-state index in [0.29, 0.717) is 19.3 Å². The lowest BCUT2D eigenvalue weighted by Crippen LogP contribution is -2.47. The number of carbonyl (C=O) groups is 1. The zero-order valence-electron chi connectivity index (χ0n) is 11.4. The molecule has 1 aromatic rings. The maximum atomic E-state index is 12.4. The van der Waals surface area contributed by atoms with Crippen LogP contribution in [0.4, 0.5) is 0 Å². The third kappa shape index (κ3) is 2.75. The van der Waals surface area contributed by atoms with Crippen molar-refractivity contribution in [1.82, 2.24) is 9.71 Å². The highest BCUT2D eigenvalue weighted by Crippen LogP contribution is 2.39.